The summed E-state index contributed by atoms with van der Waals surface area (Å²) in [6.45, 7) is 0.571. The molecule has 6 rings (SSSR count). The molecule has 3 aliphatic carbocycles. The van der Waals surface area contributed by atoms with Gasteiger partial charge in [0.2, 0.25) is 0 Å². The first-order valence-corrected chi connectivity index (χ1v) is 12.8. The molecule has 1 spiro atoms. The van der Waals surface area contributed by atoms with Crippen molar-refractivity contribution in [1.29, 1.82) is 0 Å². The number of nitrogens with two attached hydrogens (primary N) is 1. The number of nitrogens with zero attached hydrogens (tertiary/aromatic N) is 1. The monoisotopic (exact) mass is 477 g/mol. The summed E-state index contributed by atoms with van der Waals surface area (Å²) in [5.74, 6) is 1.76. The van der Waals surface area contributed by atoms with Crippen LogP contribution in [-0.2, 0) is 23.0 Å². The first kappa shape index (κ1) is 23.7. The molecule has 1 aromatic carbocycles. The van der Waals surface area contributed by atoms with Gasteiger partial charge in [0.1, 0.15) is 6.10 Å². The van der Waals surface area contributed by atoms with Crippen molar-refractivity contribution < 1.29 is 19.4 Å². The Hall–Kier alpha value is -3.06. The molecule has 1 fully saturated rings. The highest BCUT2D eigenvalue weighted by molar-refractivity contribution is 5.68. The smallest absolute Gasteiger partial charge is 0.407 e. The molecule has 186 valence electrons. The number of unbranched alkanes of at least 4 members (excludes halogenated alkanes) is 1. The summed E-state index contributed by atoms with van der Waals surface area (Å²) in [6.07, 6.45) is 14.0. The minimum Gasteiger partial charge on any atom is -0.504 e. The second-order valence-electron chi connectivity index (χ2n) is 9.91. The Morgan fingerprint density at radius 3 is 3.00 bits per heavy atom. The number of aromatic hydroxyl groups is 1. The van der Waals surface area contributed by atoms with E-state index < -0.39 is 12.2 Å². The summed E-state index contributed by atoms with van der Waals surface area (Å²) in [5, 5.41) is 13.5. The van der Waals surface area contributed by atoms with Gasteiger partial charge in [0, 0.05) is 29.9 Å². The number of pyridine rings is 1. The number of hydrogen-bond acceptors (Lipinski definition) is 6. The van der Waals surface area contributed by atoms with Gasteiger partial charge >= 0.3 is 6.09 Å². The van der Waals surface area contributed by atoms with Crippen LogP contribution in [0.5, 0.6) is 11.5 Å². The van der Waals surface area contributed by atoms with Crippen LogP contribution in [0.4, 0.5) is 4.79 Å². The summed E-state index contributed by atoms with van der Waals surface area (Å²) in [6, 6.07) is 7.82. The molecule has 2 aromatic rings. The number of rotatable bonds is 6. The van der Waals surface area contributed by atoms with Crippen LogP contribution in [0.2, 0.25) is 0 Å². The van der Waals surface area contributed by atoms with Crippen LogP contribution >= 0.6 is 0 Å². The third-order valence-corrected chi connectivity index (χ3v) is 8.13. The van der Waals surface area contributed by atoms with Gasteiger partial charge in [-0.25, -0.2) is 4.79 Å². The standard InChI is InChI=1S/C27H30N2O4.CH5N/c30-21-10-8-19-15-18-7-3-12-27-20(18)9-11-22(25(27)33-24(21)23(19)27)32-26(31)29-14-2-1-5-17-6-4-13-28-16-17;1-2/h4,6,8-11,13,16,18,20,22,25,30H,1-3,5,7,12,14-15H2,(H,29,31);2H2,1H3/t18-,20+,22+,25+,27+;/m1./s1. The Morgan fingerprint density at radius 1 is 1.29 bits per heavy atom. The van der Waals surface area contributed by atoms with Crippen molar-refractivity contribution in [3.8, 4) is 11.5 Å². The summed E-state index contributed by atoms with van der Waals surface area (Å²) in [7, 11) is 1.50. The molecule has 2 bridgehead atoms. The Bertz CT molecular complexity index is 1090. The van der Waals surface area contributed by atoms with Gasteiger partial charge in [0.05, 0.1) is 0 Å². The second kappa shape index (κ2) is 9.90. The van der Waals surface area contributed by atoms with Crippen molar-refractivity contribution >= 4 is 6.09 Å². The Kier molecular flexibility index (Phi) is 6.69. The molecule has 2 heterocycles. The fraction of sp³-hybridized carbons (Fsp3) is 0.500. The number of amides is 1. The number of benzene rings is 1. The molecule has 4 N–H and O–H groups in total. The number of carbonyl (C=O) groups excluding carboxylic acids is 1. The zero-order chi connectivity index (χ0) is 24.4. The largest absolute Gasteiger partial charge is 0.504 e. The molecule has 1 saturated carbocycles. The van der Waals surface area contributed by atoms with E-state index in [1.165, 1.54) is 30.2 Å². The molecule has 0 unspecified atom stereocenters. The fourth-order valence-electron chi connectivity index (χ4n) is 6.82. The second-order valence-corrected chi connectivity index (χ2v) is 9.91. The van der Waals surface area contributed by atoms with E-state index >= 15 is 0 Å². The maximum Gasteiger partial charge on any atom is 0.407 e. The number of aryl methyl sites for hydroxylation is 1. The lowest BCUT2D eigenvalue weighted by Gasteiger charge is -2.53. The van der Waals surface area contributed by atoms with Gasteiger partial charge in [-0.1, -0.05) is 24.6 Å². The molecule has 1 amide bonds. The Balaban J connectivity index is 0.00000124. The van der Waals surface area contributed by atoms with Crippen LogP contribution in [0.15, 0.2) is 48.8 Å². The van der Waals surface area contributed by atoms with Crippen LogP contribution in [-0.4, -0.2) is 42.0 Å². The van der Waals surface area contributed by atoms with Gasteiger partial charge in [0.15, 0.2) is 17.6 Å². The average molecular weight is 478 g/mol. The molecular formula is C28H35N3O4. The van der Waals surface area contributed by atoms with Gasteiger partial charge in [0.25, 0.3) is 0 Å². The number of phenols is 1. The highest BCUT2D eigenvalue weighted by Gasteiger charge is 2.64. The number of carbonyl (C=O) groups is 1. The third-order valence-electron chi connectivity index (χ3n) is 8.13. The van der Waals surface area contributed by atoms with E-state index in [4.69, 9.17) is 9.47 Å². The Labute approximate surface area is 206 Å². The fourth-order valence-corrected chi connectivity index (χ4v) is 6.82. The first-order chi connectivity index (χ1) is 17.2. The minimum atomic E-state index is -0.465. The average Bonchev–Trinajstić information content (AvgIpc) is 3.23. The lowest BCUT2D eigenvalue weighted by Crippen LogP contribution is -2.59. The molecule has 0 saturated heterocycles. The lowest BCUT2D eigenvalue weighted by molar-refractivity contribution is -0.0337. The minimum absolute atomic E-state index is 0.192. The summed E-state index contributed by atoms with van der Waals surface area (Å²) in [4.78, 5) is 16.8. The molecule has 35 heavy (non-hydrogen) atoms. The van der Waals surface area contributed by atoms with Crippen molar-refractivity contribution in [2.24, 2.45) is 17.6 Å². The lowest BCUT2D eigenvalue weighted by atomic mass is 9.50. The number of ether oxygens (including phenoxy) is 2. The van der Waals surface area contributed by atoms with Crippen LogP contribution < -0.4 is 15.8 Å². The van der Waals surface area contributed by atoms with Gasteiger partial charge in [-0.3, -0.25) is 4.98 Å². The van der Waals surface area contributed by atoms with Gasteiger partial charge in [-0.2, -0.15) is 0 Å². The highest BCUT2D eigenvalue weighted by Crippen LogP contribution is 2.64. The van der Waals surface area contributed by atoms with E-state index in [0.29, 0.717) is 24.1 Å². The molecule has 1 aliphatic heterocycles. The van der Waals surface area contributed by atoms with E-state index in [9.17, 15) is 9.90 Å². The molecular weight excluding hydrogens is 442 g/mol. The number of hydrogen-bond donors (Lipinski definition) is 3. The van der Waals surface area contributed by atoms with E-state index in [2.05, 4.69) is 34.2 Å². The zero-order valence-electron chi connectivity index (χ0n) is 20.3. The number of aromatic nitrogens is 1. The molecule has 7 nitrogen and oxygen atoms in total. The van der Waals surface area contributed by atoms with Crippen LogP contribution in [0, 0.1) is 11.8 Å². The van der Waals surface area contributed by atoms with E-state index in [0.717, 1.165) is 38.5 Å². The van der Waals surface area contributed by atoms with Crippen molar-refractivity contribution in [3.63, 3.8) is 0 Å². The highest BCUT2D eigenvalue weighted by atomic mass is 16.6. The van der Waals surface area contributed by atoms with E-state index in [-0.39, 0.29) is 17.3 Å². The number of phenolic OH excluding ortho intramolecular Hbond substituents is 1. The molecule has 5 atom stereocenters. The molecule has 7 heteroatoms. The molecule has 4 aliphatic rings. The Morgan fingerprint density at radius 2 is 2.17 bits per heavy atom. The first-order valence-electron chi connectivity index (χ1n) is 12.8. The summed E-state index contributed by atoms with van der Waals surface area (Å²) < 4.78 is 12.3. The van der Waals surface area contributed by atoms with Gasteiger partial charge < -0.3 is 25.6 Å². The van der Waals surface area contributed by atoms with Crippen molar-refractivity contribution in [1.82, 2.24) is 10.3 Å². The molecule has 1 aromatic heterocycles. The summed E-state index contributed by atoms with van der Waals surface area (Å²) >= 11 is 0. The third kappa shape index (κ3) is 4.05. The van der Waals surface area contributed by atoms with E-state index in [1.807, 2.05) is 18.3 Å². The van der Waals surface area contributed by atoms with E-state index in [1.54, 1.807) is 12.3 Å². The van der Waals surface area contributed by atoms with Gasteiger partial charge in [-0.15, -0.1) is 0 Å². The summed E-state index contributed by atoms with van der Waals surface area (Å²) in [5.41, 5.74) is 7.97. The topological polar surface area (TPSA) is 107 Å². The van der Waals surface area contributed by atoms with Crippen molar-refractivity contribution in [3.05, 3.63) is 65.5 Å². The predicted octanol–water partition coefficient (Wildman–Crippen LogP) is 4.02. The van der Waals surface area contributed by atoms with Crippen LogP contribution in [0.1, 0.15) is 48.8 Å². The van der Waals surface area contributed by atoms with Crippen molar-refractivity contribution in [2.75, 3.05) is 13.6 Å². The van der Waals surface area contributed by atoms with Gasteiger partial charge in [-0.05, 0) is 86.7 Å². The van der Waals surface area contributed by atoms with Crippen molar-refractivity contribution in [2.45, 2.75) is 62.6 Å². The SMILES string of the molecule is CN.O=C(NCCCCc1cccnc1)O[C@H]1C=C[C@H]2[C@@H]3CCC[C@@]24c2c(ccc(O)c2O[C@@H]14)C3. The quantitative estimate of drug-likeness (QED) is 0.429. The van der Waals surface area contributed by atoms with Crippen LogP contribution in [0.3, 0.4) is 0 Å². The normalized spacial score (nSPS) is 28.7. The number of alkyl carbamates (subject to hydrolysis) is 1. The molecule has 0 radical (unpaired) electrons. The maximum atomic E-state index is 12.6. The zero-order valence-corrected chi connectivity index (χ0v) is 20.3. The predicted molar refractivity (Wildman–Crippen MR) is 133 cm³/mol. The van der Waals surface area contributed by atoms with Crippen LogP contribution in [0.25, 0.3) is 0 Å². The number of nitrogens with one attached hydrogen (secondary N) is 1. The number of allylic oxidation sites excluding steroid dienone is 1. The maximum absolute atomic E-state index is 12.6.